The minimum Gasteiger partial charge on any atom is -0.0616 e. The molecule has 0 bridgehead atoms. The standard InChI is InChI=1S/C49H30/c1-2-12-31-26-49-45(33-22-24-43-39-18-6-4-14-35(39)37-16-8-10-20-41(37)47(43)28-33)29-44(48(49)25-30(31)11-1)32-21-23-42-38-17-5-3-13-34(38)36-15-7-9-19-40(36)46(42)27-32/h1-28H,29H2. The van der Waals surface area contributed by atoms with Crippen molar-refractivity contribution in [2.75, 3.05) is 0 Å². The van der Waals surface area contributed by atoms with E-state index < -0.39 is 0 Å². The highest BCUT2D eigenvalue weighted by atomic mass is 14.2. The van der Waals surface area contributed by atoms with Crippen molar-refractivity contribution in [3.05, 3.63) is 191 Å². The third kappa shape index (κ3) is 3.86. The van der Waals surface area contributed by atoms with Crippen LogP contribution in [0.2, 0.25) is 0 Å². The molecule has 1 aliphatic carbocycles. The van der Waals surface area contributed by atoms with E-state index in [2.05, 4.69) is 170 Å². The predicted molar refractivity (Wildman–Crippen MR) is 211 cm³/mol. The molecule has 0 saturated heterocycles. The lowest BCUT2D eigenvalue weighted by molar-refractivity contribution is 1.42. The van der Waals surface area contributed by atoms with E-state index in [1.807, 2.05) is 0 Å². The monoisotopic (exact) mass is 618 g/mol. The van der Waals surface area contributed by atoms with Gasteiger partial charge in [-0.1, -0.05) is 146 Å². The molecule has 0 aliphatic heterocycles. The van der Waals surface area contributed by atoms with Gasteiger partial charge in [-0.25, -0.2) is 0 Å². The molecule has 10 aromatic carbocycles. The molecule has 0 heterocycles. The number of benzene rings is 10. The molecule has 1 aliphatic rings. The van der Waals surface area contributed by atoms with Crippen molar-refractivity contribution in [3.8, 4) is 0 Å². The van der Waals surface area contributed by atoms with Crippen LogP contribution in [0.25, 0.3) is 86.6 Å². The second kappa shape index (κ2) is 10.1. The Kier molecular flexibility index (Phi) is 5.54. The molecule has 10 aromatic rings. The van der Waals surface area contributed by atoms with Crippen LogP contribution >= 0.6 is 0 Å². The summed E-state index contributed by atoms with van der Waals surface area (Å²) in [7, 11) is 0. The van der Waals surface area contributed by atoms with Crippen LogP contribution in [0.1, 0.15) is 17.5 Å². The predicted octanol–water partition coefficient (Wildman–Crippen LogP) is 11.6. The molecule has 0 aromatic heterocycles. The Labute approximate surface area is 283 Å². The topological polar surface area (TPSA) is 0 Å². The summed E-state index contributed by atoms with van der Waals surface area (Å²) >= 11 is 0. The van der Waals surface area contributed by atoms with Crippen LogP contribution in [0.3, 0.4) is 0 Å². The van der Waals surface area contributed by atoms with Crippen LogP contribution in [0.5, 0.6) is 0 Å². The Hall–Kier alpha value is -6.24. The van der Waals surface area contributed by atoms with E-state index in [0.29, 0.717) is 0 Å². The molecule has 0 radical (unpaired) electrons. The van der Waals surface area contributed by atoms with Crippen LogP contribution < -0.4 is 10.4 Å². The molecule has 0 atom stereocenters. The number of fused-ring (bicyclic) bond motifs is 14. The normalized spacial score (nSPS) is 13.1. The summed E-state index contributed by atoms with van der Waals surface area (Å²) in [6, 6.07) is 63.5. The highest BCUT2D eigenvalue weighted by molar-refractivity contribution is 6.27. The lowest BCUT2D eigenvalue weighted by Gasteiger charge is -2.14. The molecule has 49 heavy (non-hydrogen) atoms. The molecule has 11 rings (SSSR count). The smallest absolute Gasteiger partial charge is 0.000154 e. The minimum absolute atomic E-state index is 0.889. The van der Waals surface area contributed by atoms with Gasteiger partial charge in [-0.15, -0.1) is 0 Å². The fourth-order valence-corrected chi connectivity index (χ4v) is 8.81. The van der Waals surface area contributed by atoms with Crippen LogP contribution in [0.4, 0.5) is 0 Å². The molecule has 0 heteroatoms. The van der Waals surface area contributed by atoms with E-state index in [1.54, 1.807) is 0 Å². The Morgan fingerprint density at radius 1 is 0.245 bits per heavy atom. The summed E-state index contributed by atoms with van der Waals surface area (Å²) in [6.45, 7) is 0. The van der Waals surface area contributed by atoms with Gasteiger partial charge in [0.2, 0.25) is 0 Å². The fraction of sp³-hybridized carbons (Fsp3) is 0.0204. The van der Waals surface area contributed by atoms with Gasteiger partial charge in [0.05, 0.1) is 0 Å². The molecule has 0 spiro atoms. The quantitative estimate of drug-likeness (QED) is 0.169. The maximum atomic E-state index is 2.46. The first-order chi connectivity index (χ1) is 24.3. The average molecular weight is 619 g/mol. The fourth-order valence-electron chi connectivity index (χ4n) is 8.81. The average Bonchev–Trinajstić information content (AvgIpc) is 3.55. The highest BCUT2D eigenvalue weighted by Crippen LogP contribution is 2.40. The summed E-state index contributed by atoms with van der Waals surface area (Å²) < 4.78 is 0. The van der Waals surface area contributed by atoms with Crippen molar-refractivity contribution in [1.29, 1.82) is 0 Å². The highest BCUT2D eigenvalue weighted by Gasteiger charge is 2.20. The van der Waals surface area contributed by atoms with E-state index in [9.17, 15) is 0 Å². The first-order valence-electron chi connectivity index (χ1n) is 17.2. The molecule has 0 unspecified atom stereocenters. The molecule has 0 N–H and O–H groups in total. The summed E-state index contributed by atoms with van der Waals surface area (Å²) in [4.78, 5) is 0. The van der Waals surface area contributed by atoms with Crippen molar-refractivity contribution >= 4 is 86.6 Å². The van der Waals surface area contributed by atoms with Gasteiger partial charge >= 0.3 is 0 Å². The first kappa shape index (κ1) is 26.8. The van der Waals surface area contributed by atoms with Crippen molar-refractivity contribution in [2.45, 2.75) is 6.42 Å². The zero-order valence-corrected chi connectivity index (χ0v) is 26.9. The van der Waals surface area contributed by atoms with E-state index in [1.165, 1.54) is 108 Å². The Bertz CT molecular complexity index is 2890. The molecular formula is C49H30. The van der Waals surface area contributed by atoms with Crippen molar-refractivity contribution < 1.29 is 0 Å². The Morgan fingerprint density at radius 2 is 0.531 bits per heavy atom. The van der Waals surface area contributed by atoms with Crippen LogP contribution in [-0.4, -0.2) is 0 Å². The minimum atomic E-state index is 0.889. The largest absolute Gasteiger partial charge is 0.0616 e. The molecule has 0 nitrogen and oxygen atoms in total. The zero-order valence-electron chi connectivity index (χ0n) is 26.9. The van der Waals surface area contributed by atoms with Crippen molar-refractivity contribution in [3.63, 3.8) is 0 Å². The van der Waals surface area contributed by atoms with Gasteiger partial charge in [-0.05, 0) is 139 Å². The van der Waals surface area contributed by atoms with Gasteiger partial charge in [-0.2, -0.15) is 0 Å². The molecule has 0 fully saturated rings. The van der Waals surface area contributed by atoms with Crippen LogP contribution in [0.15, 0.2) is 170 Å². The number of hydrogen-bond donors (Lipinski definition) is 0. The van der Waals surface area contributed by atoms with Gasteiger partial charge in [0.15, 0.2) is 0 Å². The Morgan fingerprint density at radius 3 is 0.878 bits per heavy atom. The maximum Gasteiger partial charge on any atom is -0.000154 e. The molecule has 226 valence electrons. The van der Waals surface area contributed by atoms with Crippen LogP contribution in [-0.2, 0) is 0 Å². The third-order valence-corrected chi connectivity index (χ3v) is 11.1. The van der Waals surface area contributed by atoms with Gasteiger partial charge in [0.25, 0.3) is 0 Å². The molecule has 0 amide bonds. The van der Waals surface area contributed by atoms with E-state index in [4.69, 9.17) is 0 Å². The summed E-state index contributed by atoms with van der Waals surface area (Å²) in [5, 5.41) is 21.0. The van der Waals surface area contributed by atoms with Gasteiger partial charge in [0, 0.05) is 0 Å². The van der Waals surface area contributed by atoms with Gasteiger partial charge in [0.1, 0.15) is 0 Å². The van der Waals surface area contributed by atoms with Crippen molar-refractivity contribution in [2.24, 2.45) is 0 Å². The van der Waals surface area contributed by atoms with E-state index >= 15 is 0 Å². The summed E-state index contributed by atoms with van der Waals surface area (Å²) in [5.74, 6) is 0. The molecule has 0 saturated carbocycles. The number of hydrogen-bond acceptors (Lipinski definition) is 0. The lowest BCUT2D eigenvalue weighted by atomic mass is 9.89. The van der Waals surface area contributed by atoms with Gasteiger partial charge in [-0.3, -0.25) is 0 Å². The third-order valence-electron chi connectivity index (χ3n) is 11.1. The van der Waals surface area contributed by atoms with E-state index in [0.717, 1.165) is 6.42 Å². The van der Waals surface area contributed by atoms with E-state index in [-0.39, 0.29) is 0 Å². The van der Waals surface area contributed by atoms with Gasteiger partial charge < -0.3 is 0 Å². The second-order valence-corrected chi connectivity index (χ2v) is 13.6. The second-order valence-electron chi connectivity index (χ2n) is 13.6. The SMILES string of the molecule is c1ccc2cc3c(cc2c1)=C(c1ccc2c4ccccc4c4ccccc4c2c1)CC=3c1ccc2c3ccccc3c3ccccc3c2c1. The molecular weight excluding hydrogens is 589 g/mol. The zero-order chi connectivity index (χ0) is 32.1. The maximum absolute atomic E-state index is 2.46. The first-order valence-corrected chi connectivity index (χ1v) is 17.2. The lowest BCUT2D eigenvalue weighted by Crippen LogP contribution is -2.24. The Balaban J connectivity index is 1.20. The van der Waals surface area contributed by atoms with Crippen molar-refractivity contribution in [1.82, 2.24) is 0 Å². The number of rotatable bonds is 2. The summed E-state index contributed by atoms with van der Waals surface area (Å²) in [6.07, 6.45) is 0.889. The van der Waals surface area contributed by atoms with Crippen LogP contribution in [0, 0.1) is 0 Å². The summed E-state index contributed by atoms with van der Waals surface area (Å²) in [5.41, 5.74) is 5.41.